The number of aliphatic carboxylic acids is 1. The molecule has 0 aliphatic carbocycles. The number of carboxylic acid groups (broad SMARTS) is 1. The molecule has 0 unspecified atom stereocenters. The Morgan fingerprint density at radius 1 is 0.821 bits per heavy atom. The molecule has 0 spiro atoms. The Bertz CT molecular complexity index is 913. The summed E-state index contributed by atoms with van der Waals surface area (Å²) in [6.45, 7) is 1.08. The molecular formula is C20H16CoN5O2-. The van der Waals surface area contributed by atoms with Crippen molar-refractivity contribution in [2.24, 2.45) is 9.98 Å². The van der Waals surface area contributed by atoms with E-state index in [4.69, 9.17) is 9.90 Å². The summed E-state index contributed by atoms with van der Waals surface area (Å²) >= 11 is 0. The van der Waals surface area contributed by atoms with Gasteiger partial charge in [0.15, 0.2) is 0 Å². The van der Waals surface area contributed by atoms with Gasteiger partial charge in [0.2, 0.25) is 0 Å². The van der Waals surface area contributed by atoms with Gasteiger partial charge in [-0.15, -0.1) is 0 Å². The van der Waals surface area contributed by atoms with E-state index >= 15 is 0 Å². The van der Waals surface area contributed by atoms with Crippen molar-refractivity contribution in [1.82, 2.24) is 9.97 Å². The van der Waals surface area contributed by atoms with Gasteiger partial charge in [0.05, 0.1) is 11.6 Å². The quantitative estimate of drug-likeness (QED) is 0.678. The van der Waals surface area contributed by atoms with Gasteiger partial charge in [-0.1, -0.05) is 36.4 Å². The topological polar surface area (TPSA) is 102 Å². The van der Waals surface area contributed by atoms with Crippen LogP contribution in [0.4, 0.5) is 11.6 Å². The molecule has 1 aliphatic rings. The molecule has 3 aromatic rings. The number of aliphatic imine (C=N–C) groups is 2. The minimum Gasteiger partial charge on any atom is -0.481 e. The Morgan fingerprint density at radius 2 is 1.21 bits per heavy atom. The number of amidine groups is 2. The van der Waals surface area contributed by atoms with Crippen molar-refractivity contribution in [3.63, 3.8) is 0 Å². The number of fused-ring (bicyclic) bond motifs is 1. The van der Waals surface area contributed by atoms with E-state index in [1.807, 2.05) is 60.7 Å². The van der Waals surface area contributed by atoms with Crippen molar-refractivity contribution >= 4 is 29.3 Å². The predicted molar refractivity (Wildman–Crippen MR) is 104 cm³/mol. The van der Waals surface area contributed by atoms with Crippen LogP contribution < -0.4 is 0 Å². The van der Waals surface area contributed by atoms with Crippen LogP contribution in [0.2, 0.25) is 0 Å². The maximum absolute atomic E-state index is 9.00. The smallest absolute Gasteiger partial charge is 0.300 e. The van der Waals surface area contributed by atoms with E-state index in [2.05, 4.69) is 25.3 Å². The minimum atomic E-state index is -0.833. The molecule has 1 radical (unpaired) electrons. The first kappa shape index (κ1) is 20.9. The van der Waals surface area contributed by atoms with Gasteiger partial charge in [0.1, 0.15) is 0 Å². The van der Waals surface area contributed by atoms with Gasteiger partial charge in [-0.05, 0) is 35.4 Å². The van der Waals surface area contributed by atoms with Crippen LogP contribution in [0.15, 0.2) is 83.0 Å². The van der Waals surface area contributed by atoms with E-state index < -0.39 is 5.97 Å². The van der Waals surface area contributed by atoms with Gasteiger partial charge in [0.25, 0.3) is 5.97 Å². The van der Waals surface area contributed by atoms with Crippen LogP contribution in [0.1, 0.15) is 18.1 Å². The van der Waals surface area contributed by atoms with Crippen LogP contribution >= 0.6 is 0 Å². The van der Waals surface area contributed by atoms with Crippen molar-refractivity contribution in [1.29, 1.82) is 0 Å². The summed E-state index contributed by atoms with van der Waals surface area (Å²) in [4.78, 5) is 26.5. The van der Waals surface area contributed by atoms with Gasteiger partial charge < -0.3 is 20.4 Å². The molecule has 7 nitrogen and oxygen atoms in total. The van der Waals surface area contributed by atoms with E-state index in [0.29, 0.717) is 23.3 Å². The number of nitrogens with zero attached hydrogens (tertiary/aromatic N) is 5. The zero-order chi connectivity index (χ0) is 19.1. The van der Waals surface area contributed by atoms with Gasteiger partial charge in [0, 0.05) is 47.8 Å². The Hall–Kier alpha value is -3.36. The molecule has 3 heterocycles. The average Bonchev–Trinajstić information content (AvgIpc) is 3.01. The number of hydrogen-bond donors (Lipinski definition) is 1. The molecule has 1 N–H and O–H groups in total. The Labute approximate surface area is 172 Å². The zero-order valence-corrected chi connectivity index (χ0v) is 15.9. The van der Waals surface area contributed by atoms with E-state index in [-0.39, 0.29) is 16.8 Å². The second kappa shape index (κ2) is 10.1. The number of benzene rings is 1. The second-order valence-corrected chi connectivity index (χ2v) is 5.42. The molecule has 1 aliphatic heterocycles. The van der Waals surface area contributed by atoms with Gasteiger partial charge in [-0.25, -0.2) is 0 Å². The predicted octanol–water partition coefficient (Wildman–Crippen LogP) is 4.11. The van der Waals surface area contributed by atoms with Crippen LogP contribution in [0.25, 0.3) is 5.32 Å². The monoisotopic (exact) mass is 417 g/mol. The summed E-state index contributed by atoms with van der Waals surface area (Å²) in [6.07, 6.45) is 3.42. The zero-order valence-electron chi connectivity index (χ0n) is 14.9. The fourth-order valence-corrected chi connectivity index (χ4v) is 2.32. The van der Waals surface area contributed by atoms with Crippen LogP contribution in [-0.4, -0.2) is 32.7 Å². The Balaban J connectivity index is 0.000000515. The first-order chi connectivity index (χ1) is 13.1. The third kappa shape index (κ3) is 5.57. The maximum Gasteiger partial charge on any atom is 0.300 e. The number of carboxylic acids is 1. The van der Waals surface area contributed by atoms with E-state index in [0.717, 1.165) is 18.1 Å². The number of carbonyl (C=O) groups is 1. The van der Waals surface area contributed by atoms with Crippen LogP contribution in [-0.2, 0) is 21.6 Å². The fraction of sp³-hybridized carbons (Fsp3) is 0.0500. The molecule has 8 heteroatoms. The second-order valence-electron chi connectivity index (χ2n) is 5.42. The fourth-order valence-electron chi connectivity index (χ4n) is 2.32. The SMILES string of the molecule is CC(=O)O.[Co].c1ccc(/N=C2\[N-]/C(=N\c3ccccn3)c3ccccc32)nc1. The molecule has 4 rings (SSSR count). The molecule has 28 heavy (non-hydrogen) atoms. The molecule has 0 atom stereocenters. The average molecular weight is 417 g/mol. The number of aromatic nitrogens is 2. The van der Waals surface area contributed by atoms with Crippen molar-refractivity contribution in [3.8, 4) is 0 Å². The van der Waals surface area contributed by atoms with Crippen LogP contribution in [0, 0.1) is 0 Å². The van der Waals surface area contributed by atoms with Crippen molar-refractivity contribution in [2.75, 3.05) is 0 Å². The summed E-state index contributed by atoms with van der Waals surface area (Å²) in [7, 11) is 0. The van der Waals surface area contributed by atoms with Gasteiger partial charge >= 0.3 is 0 Å². The first-order valence-electron chi connectivity index (χ1n) is 8.14. The third-order valence-electron chi connectivity index (χ3n) is 3.36. The molecule has 0 saturated heterocycles. The maximum atomic E-state index is 9.00. The molecule has 1 aromatic carbocycles. The number of rotatable bonds is 2. The summed E-state index contributed by atoms with van der Waals surface area (Å²) in [5.41, 5.74) is 1.90. The van der Waals surface area contributed by atoms with E-state index in [1.54, 1.807) is 12.4 Å². The van der Waals surface area contributed by atoms with E-state index in [1.165, 1.54) is 0 Å². The molecule has 143 valence electrons. The third-order valence-corrected chi connectivity index (χ3v) is 3.36. The normalized spacial score (nSPS) is 14.3. The van der Waals surface area contributed by atoms with Gasteiger partial charge in [-0.3, -0.25) is 14.8 Å². The van der Waals surface area contributed by atoms with Crippen LogP contribution in [0.5, 0.6) is 0 Å². The molecular weight excluding hydrogens is 401 g/mol. The van der Waals surface area contributed by atoms with Crippen molar-refractivity contribution in [3.05, 3.63) is 89.5 Å². The molecule has 0 amide bonds. The van der Waals surface area contributed by atoms with Gasteiger partial charge in [-0.2, -0.15) is 0 Å². The standard InChI is InChI=1S/C18H12N5.C2H4O2.Co/c1-2-8-14-13(7-1)17(21-15-9-3-5-11-19-15)23-18(14)22-16-10-4-6-12-20-16;1-2(3)4;/h1-12H;1H3,(H,3,4);/q-1;;. The molecule has 0 bridgehead atoms. The number of pyridine rings is 2. The molecule has 2 aromatic heterocycles. The Morgan fingerprint density at radius 3 is 1.57 bits per heavy atom. The van der Waals surface area contributed by atoms with E-state index in [9.17, 15) is 0 Å². The molecule has 0 saturated carbocycles. The Kier molecular flexibility index (Phi) is 7.55. The number of hydrogen-bond acceptors (Lipinski definition) is 5. The summed E-state index contributed by atoms with van der Waals surface area (Å²) in [5, 5.41) is 12.0. The largest absolute Gasteiger partial charge is 0.481 e. The van der Waals surface area contributed by atoms with Crippen molar-refractivity contribution < 1.29 is 26.7 Å². The molecule has 0 fully saturated rings. The first-order valence-corrected chi connectivity index (χ1v) is 8.14. The van der Waals surface area contributed by atoms with Crippen LogP contribution in [0.3, 0.4) is 0 Å². The minimum absolute atomic E-state index is 0. The summed E-state index contributed by atoms with van der Waals surface area (Å²) in [6, 6.07) is 19.1. The van der Waals surface area contributed by atoms with Crippen molar-refractivity contribution in [2.45, 2.75) is 6.92 Å². The summed E-state index contributed by atoms with van der Waals surface area (Å²) in [5.74, 6) is 1.66. The summed E-state index contributed by atoms with van der Waals surface area (Å²) < 4.78 is 0.